The molecule has 0 amide bonds. The molecule has 5 fully saturated rings. The van der Waals surface area contributed by atoms with Crippen LogP contribution in [0.3, 0.4) is 0 Å². The Kier molecular flexibility index (Phi) is 7.97. The molecule has 59 heavy (non-hydrogen) atoms. The lowest BCUT2D eigenvalue weighted by Crippen LogP contribution is -2.48. The smallest absolute Gasteiger partial charge is 0.0465 e. The van der Waals surface area contributed by atoms with E-state index in [9.17, 15) is 0 Å². The molecule has 0 aliphatic heterocycles. The molecule has 1 heteroatoms. The van der Waals surface area contributed by atoms with Gasteiger partial charge in [-0.1, -0.05) is 132 Å². The number of anilines is 3. The fourth-order valence-electron chi connectivity index (χ4n) is 14.3. The van der Waals surface area contributed by atoms with Crippen molar-refractivity contribution in [2.75, 3.05) is 4.90 Å². The Morgan fingerprint density at radius 3 is 1.76 bits per heavy atom. The molecule has 296 valence electrons. The first kappa shape index (κ1) is 36.0. The molecule has 0 saturated heterocycles. The van der Waals surface area contributed by atoms with E-state index in [-0.39, 0.29) is 10.8 Å². The second kappa shape index (κ2) is 13.1. The first-order chi connectivity index (χ1) is 28.7. The summed E-state index contributed by atoms with van der Waals surface area (Å²) in [6, 6.07) is 50.3. The van der Waals surface area contributed by atoms with Crippen LogP contribution in [0.25, 0.3) is 33.4 Å². The van der Waals surface area contributed by atoms with Crippen LogP contribution in [0.4, 0.5) is 17.1 Å². The molecule has 5 saturated carbocycles. The summed E-state index contributed by atoms with van der Waals surface area (Å²) < 4.78 is 0. The van der Waals surface area contributed by atoms with Gasteiger partial charge in [0.05, 0.1) is 0 Å². The van der Waals surface area contributed by atoms with E-state index in [1.165, 1.54) is 149 Å². The maximum atomic E-state index is 2.55. The van der Waals surface area contributed by atoms with E-state index in [4.69, 9.17) is 0 Å². The maximum absolute atomic E-state index is 2.55. The number of fused-ring (bicyclic) bond motifs is 6. The highest BCUT2D eigenvalue weighted by Gasteiger charge is 2.51. The van der Waals surface area contributed by atoms with Gasteiger partial charge >= 0.3 is 0 Å². The molecule has 0 radical (unpaired) electrons. The predicted octanol–water partition coefficient (Wildman–Crippen LogP) is 16.0. The predicted molar refractivity (Wildman–Crippen MR) is 247 cm³/mol. The van der Waals surface area contributed by atoms with Gasteiger partial charge in [-0.15, -0.1) is 0 Å². The summed E-state index contributed by atoms with van der Waals surface area (Å²) in [5, 5.41) is 0. The molecule has 7 aliphatic rings. The normalized spacial score (nSPS) is 25.3. The van der Waals surface area contributed by atoms with Crippen LogP contribution in [0.15, 0.2) is 127 Å². The second-order valence-corrected chi connectivity index (χ2v) is 21.0. The molecule has 1 nitrogen and oxygen atoms in total. The third-order valence-corrected chi connectivity index (χ3v) is 16.8. The topological polar surface area (TPSA) is 3.24 Å². The summed E-state index contributed by atoms with van der Waals surface area (Å²) in [6.45, 7) is 9.68. The lowest BCUT2D eigenvalue weighted by molar-refractivity contribution is -0.00518. The Morgan fingerprint density at radius 2 is 1.05 bits per heavy atom. The fourth-order valence-corrected chi connectivity index (χ4v) is 14.3. The first-order valence-electron chi connectivity index (χ1n) is 23.2. The molecule has 0 unspecified atom stereocenters. The monoisotopic (exact) mass is 769 g/mol. The van der Waals surface area contributed by atoms with Crippen molar-refractivity contribution < 1.29 is 0 Å². The van der Waals surface area contributed by atoms with Gasteiger partial charge < -0.3 is 4.90 Å². The largest absolute Gasteiger partial charge is 0.310 e. The SMILES string of the molecule is CC1(C)c2ccc(-c3cccc4c3C(C)(C)c3ccccc3-4)cc2-c2ccc(N(c3ccc(C4CCCCC4)cc3)c3ccc(C45CC6CC(CC(C6)C4)C5)cc3)cc21. The van der Waals surface area contributed by atoms with E-state index in [1.807, 2.05) is 0 Å². The van der Waals surface area contributed by atoms with Crippen LogP contribution < -0.4 is 4.90 Å². The van der Waals surface area contributed by atoms with E-state index in [2.05, 4.69) is 160 Å². The van der Waals surface area contributed by atoms with Crippen LogP contribution in [-0.4, -0.2) is 0 Å². The summed E-state index contributed by atoms with van der Waals surface area (Å²) >= 11 is 0. The lowest BCUT2D eigenvalue weighted by atomic mass is 9.48. The Hall–Kier alpha value is -4.88. The molecule has 6 aromatic rings. The van der Waals surface area contributed by atoms with Crippen molar-refractivity contribution in [2.24, 2.45) is 17.8 Å². The first-order valence-corrected chi connectivity index (χ1v) is 23.2. The van der Waals surface area contributed by atoms with E-state index in [0.717, 1.165) is 17.8 Å². The van der Waals surface area contributed by atoms with Crippen LogP contribution in [0, 0.1) is 17.8 Å². The van der Waals surface area contributed by atoms with E-state index < -0.39 is 0 Å². The number of rotatable bonds is 6. The van der Waals surface area contributed by atoms with Gasteiger partial charge in [0.1, 0.15) is 0 Å². The van der Waals surface area contributed by atoms with Gasteiger partial charge in [0.25, 0.3) is 0 Å². The van der Waals surface area contributed by atoms with Gasteiger partial charge in [0.15, 0.2) is 0 Å². The molecule has 13 rings (SSSR count). The van der Waals surface area contributed by atoms with Crippen molar-refractivity contribution >= 4 is 17.1 Å². The molecule has 0 aromatic heterocycles. The summed E-state index contributed by atoms with van der Waals surface area (Å²) in [4.78, 5) is 2.55. The maximum Gasteiger partial charge on any atom is 0.0465 e. The van der Waals surface area contributed by atoms with Crippen LogP contribution in [-0.2, 0) is 16.2 Å². The molecule has 7 aliphatic carbocycles. The van der Waals surface area contributed by atoms with Crippen molar-refractivity contribution in [3.8, 4) is 33.4 Å². The van der Waals surface area contributed by atoms with Crippen LogP contribution in [0.2, 0.25) is 0 Å². The number of hydrogen-bond acceptors (Lipinski definition) is 1. The Morgan fingerprint density at radius 1 is 0.458 bits per heavy atom. The minimum atomic E-state index is -0.119. The number of benzene rings is 6. The number of hydrogen-bond donors (Lipinski definition) is 0. The second-order valence-electron chi connectivity index (χ2n) is 21.0. The van der Waals surface area contributed by atoms with Gasteiger partial charge in [-0.3, -0.25) is 0 Å². The zero-order chi connectivity index (χ0) is 39.7. The summed E-state index contributed by atoms with van der Waals surface area (Å²) in [6.07, 6.45) is 15.5. The molecular formula is C58H59N. The molecule has 0 N–H and O–H groups in total. The lowest BCUT2D eigenvalue weighted by Gasteiger charge is -2.57. The molecule has 6 aromatic carbocycles. The van der Waals surface area contributed by atoms with Gasteiger partial charge in [-0.25, -0.2) is 0 Å². The Labute approximate surface area is 352 Å². The molecule has 0 atom stereocenters. The standard InChI is InChI=1S/C58H59N/c1-56(2)53-28-19-42(47-14-10-15-50-48-13-8-9-16-52(48)57(3,4)55(47)50)32-51(53)49-27-26-46(33-54(49)56)59(44-22-17-41(18-23-44)40-11-6-5-7-12-40)45-24-20-43(21-25-45)58-34-37-29-38(35-58)31-39(30-37)36-58/h8-10,13-28,32-33,37-40H,5-7,11-12,29-31,34-36H2,1-4H3. The quantitative estimate of drug-likeness (QED) is 0.163. The van der Waals surface area contributed by atoms with E-state index in [1.54, 1.807) is 5.56 Å². The van der Waals surface area contributed by atoms with Crippen LogP contribution >= 0.6 is 0 Å². The summed E-state index contributed by atoms with van der Waals surface area (Å²) in [7, 11) is 0. The van der Waals surface area contributed by atoms with Crippen molar-refractivity contribution in [1.82, 2.24) is 0 Å². The van der Waals surface area contributed by atoms with E-state index >= 15 is 0 Å². The van der Waals surface area contributed by atoms with Gasteiger partial charge in [-0.2, -0.15) is 0 Å². The van der Waals surface area contributed by atoms with Crippen LogP contribution in [0.1, 0.15) is 138 Å². The third-order valence-electron chi connectivity index (χ3n) is 16.8. The highest BCUT2D eigenvalue weighted by molar-refractivity contribution is 5.92. The minimum Gasteiger partial charge on any atom is -0.310 e. The van der Waals surface area contributed by atoms with Gasteiger partial charge in [0, 0.05) is 27.9 Å². The average Bonchev–Trinajstić information content (AvgIpc) is 3.63. The molecule has 0 heterocycles. The highest BCUT2D eigenvalue weighted by Crippen LogP contribution is 2.61. The van der Waals surface area contributed by atoms with Crippen molar-refractivity contribution in [3.63, 3.8) is 0 Å². The Balaban J connectivity index is 0.936. The third kappa shape index (κ3) is 5.48. The van der Waals surface area contributed by atoms with Crippen molar-refractivity contribution in [1.29, 1.82) is 0 Å². The van der Waals surface area contributed by atoms with Crippen molar-refractivity contribution in [3.05, 3.63) is 161 Å². The van der Waals surface area contributed by atoms with Gasteiger partial charge in [0.2, 0.25) is 0 Å². The van der Waals surface area contributed by atoms with Gasteiger partial charge in [-0.05, 0) is 190 Å². The van der Waals surface area contributed by atoms with E-state index in [0.29, 0.717) is 11.3 Å². The molecular weight excluding hydrogens is 711 g/mol. The number of nitrogens with zero attached hydrogens (tertiary/aromatic N) is 1. The van der Waals surface area contributed by atoms with Crippen molar-refractivity contribution in [2.45, 2.75) is 120 Å². The summed E-state index contributed by atoms with van der Waals surface area (Å²) in [5.74, 6) is 3.56. The zero-order valence-corrected chi connectivity index (χ0v) is 35.7. The highest BCUT2D eigenvalue weighted by atomic mass is 15.1. The average molecular weight is 770 g/mol. The zero-order valence-electron chi connectivity index (χ0n) is 35.7. The minimum absolute atomic E-state index is 0.0564. The van der Waals surface area contributed by atoms with Crippen LogP contribution in [0.5, 0.6) is 0 Å². The molecule has 0 spiro atoms. The summed E-state index contributed by atoms with van der Waals surface area (Å²) in [5.41, 5.74) is 21.0. The fraction of sp³-hybridized carbons (Fsp3) is 0.379. The Bertz CT molecular complexity index is 2580. The molecule has 4 bridgehead atoms.